The lowest BCUT2D eigenvalue weighted by molar-refractivity contribution is 0.255. The van der Waals surface area contributed by atoms with Crippen LogP contribution in [0, 0.1) is 5.92 Å². The minimum atomic E-state index is 0.0463. The number of aliphatic hydroxyl groups is 1. The Morgan fingerprint density at radius 1 is 1.90 bits per heavy atom. The highest BCUT2D eigenvalue weighted by molar-refractivity contribution is 6.65. The summed E-state index contributed by atoms with van der Waals surface area (Å²) in [6.07, 6.45) is 2.31. The molecule has 0 saturated heterocycles. The zero-order chi connectivity index (χ0) is 7.56. The van der Waals surface area contributed by atoms with Crippen molar-refractivity contribution >= 4 is 16.8 Å². The van der Waals surface area contributed by atoms with Crippen LogP contribution in [-0.4, -0.2) is 16.9 Å². The van der Waals surface area contributed by atoms with E-state index in [0.29, 0.717) is 17.4 Å². The van der Waals surface area contributed by atoms with Crippen LogP contribution >= 0.6 is 11.6 Å². The maximum absolute atomic E-state index is 8.71. The van der Waals surface area contributed by atoms with Gasteiger partial charge >= 0.3 is 0 Å². The number of halogens is 1. The molecule has 0 saturated carbocycles. The van der Waals surface area contributed by atoms with Crippen LogP contribution in [0.3, 0.4) is 0 Å². The Balaban J connectivity index is 2.67. The Hall–Kier alpha value is -0.540. The maximum Gasteiger partial charge on any atom is 0.121 e. The molecule has 3 N–H and O–H groups in total. The van der Waals surface area contributed by atoms with Crippen LogP contribution in [-0.2, 0) is 0 Å². The SMILES string of the molecule is NC1=CC(CO)CC(Cl)=N1. The van der Waals surface area contributed by atoms with Gasteiger partial charge in [-0.3, -0.25) is 0 Å². The lowest BCUT2D eigenvalue weighted by atomic mass is 10.1. The molecule has 0 fully saturated rings. The van der Waals surface area contributed by atoms with Gasteiger partial charge in [-0.25, -0.2) is 4.99 Å². The van der Waals surface area contributed by atoms with Gasteiger partial charge in [0.15, 0.2) is 0 Å². The van der Waals surface area contributed by atoms with Crippen molar-refractivity contribution in [3.8, 4) is 0 Å². The van der Waals surface area contributed by atoms with Crippen LogP contribution in [0.4, 0.5) is 0 Å². The molecule has 1 aliphatic rings. The van der Waals surface area contributed by atoms with Gasteiger partial charge < -0.3 is 10.8 Å². The van der Waals surface area contributed by atoms with Crippen LogP contribution < -0.4 is 5.73 Å². The predicted octanol–water partition coefficient (Wildman–Crippen LogP) is 0.436. The summed E-state index contributed by atoms with van der Waals surface area (Å²) in [5, 5.41) is 9.18. The third kappa shape index (κ3) is 1.72. The molecule has 0 spiro atoms. The summed E-state index contributed by atoms with van der Waals surface area (Å²) in [6.45, 7) is 0.0758. The molecule has 10 heavy (non-hydrogen) atoms. The molecule has 56 valence electrons. The molecule has 1 heterocycles. The highest BCUT2D eigenvalue weighted by atomic mass is 35.5. The third-order valence-corrected chi connectivity index (χ3v) is 1.56. The molecule has 0 radical (unpaired) electrons. The first-order valence-corrected chi connectivity index (χ1v) is 3.41. The van der Waals surface area contributed by atoms with E-state index in [0.717, 1.165) is 0 Å². The van der Waals surface area contributed by atoms with E-state index in [2.05, 4.69) is 4.99 Å². The second kappa shape index (κ2) is 3.03. The molecular weight excluding hydrogens is 152 g/mol. The van der Waals surface area contributed by atoms with Gasteiger partial charge in [-0.05, 0) is 6.08 Å². The summed E-state index contributed by atoms with van der Waals surface area (Å²) in [4.78, 5) is 3.79. The number of nitrogens with zero attached hydrogens (tertiary/aromatic N) is 1. The second-order valence-corrected chi connectivity index (χ2v) is 2.66. The standard InChI is InChI=1S/C6H9ClN2O/c7-5-1-4(3-10)2-6(8)9-5/h2,4,10H,1,3,8H2. The van der Waals surface area contributed by atoms with Crippen molar-refractivity contribution in [1.82, 2.24) is 0 Å². The topological polar surface area (TPSA) is 58.6 Å². The lowest BCUT2D eigenvalue weighted by Gasteiger charge is -2.12. The van der Waals surface area contributed by atoms with Crippen molar-refractivity contribution in [3.05, 3.63) is 11.9 Å². The molecule has 1 aliphatic heterocycles. The first-order chi connectivity index (χ1) is 4.72. The number of rotatable bonds is 1. The van der Waals surface area contributed by atoms with E-state index in [1.807, 2.05) is 0 Å². The summed E-state index contributed by atoms with van der Waals surface area (Å²) in [5.74, 6) is 0.445. The van der Waals surface area contributed by atoms with Gasteiger partial charge in [0.2, 0.25) is 0 Å². The van der Waals surface area contributed by atoms with Crippen LogP contribution in [0.15, 0.2) is 16.9 Å². The molecule has 0 aromatic heterocycles. The molecule has 0 aliphatic carbocycles. The van der Waals surface area contributed by atoms with Gasteiger partial charge in [0.05, 0.1) is 0 Å². The third-order valence-electron chi connectivity index (χ3n) is 1.32. The molecule has 3 nitrogen and oxygen atoms in total. The zero-order valence-corrected chi connectivity index (χ0v) is 6.17. The molecular formula is C6H9ClN2O. The van der Waals surface area contributed by atoms with Crippen molar-refractivity contribution in [2.75, 3.05) is 6.61 Å². The van der Waals surface area contributed by atoms with E-state index in [1.165, 1.54) is 0 Å². The molecule has 1 unspecified atom stereocenters. The molecule has 0 bridgehead atoms. The summed E-state index contributed by atoms with van der Waals surface area (Å²) in [6, 6.07) is 0. The highest BCUT2D eigenvalue weighted by Crippen LogP contribution is 2.15. The van der Waals surface area contributed by atoms with Crippen LogP contribution in [0.25, 0.3) is 0 Å². The van der Waals surface area contributed by atoms with Crippen LogP contribution in [0.1, 0.15) is 6.42 Å². The Bertz CT molecular complexity index is 188. The van der Waals surface area contributed by atoms with Crippen molar-refractivity contribution in [2.45, 2.75) is 6.42 Å². The summed E-state index contributed by atoms with van der Waals surface area (Å²) in [5.41, 5.74) is 5.37. The minimum absolute atomic E-state index is 0.0463. The molecule has 0 aromatic rings. The smallest absolute Gasteiger partial charge is 0.121 e. The first kappa shape index (κ1) is 7.57. The van der Waals surface area contributed by atoms with Crippen molar-refractivity contribution in [1.29, 1.82) is 0 Å². The van der Waals surface area contributed by atoms with E-state index >= 15 is 0 Å². The quantitative estimate of drug-likeness (QED) is 0.585. The molecule has 1 rings (SSSR count). The fourth-order valence-electron chi connectivity index (χ4n) is 0.857. The van der Waals surface area contributed by atoms with Gasteiger partial charge in [-0.2, -0.15) is 0 Å². The van der Waals surface area contributed by atoms with E-state index < -0.39 is 0 Å². The van der Waals surface area contributed by atoms with Crippen LogP contribution in [0.5, 0.6) is 0 Å². The first-order valence-electron chi connectivity index (χ1n) is 3.03. The Morgan fingerprint density at radius 2 is 2.60 bits per heavy atom. The van der Waals surface area contributed by atoms with E-state index in [-0.39, 0.29) is 12.5 Å². The zero-order valence-electron chi connectivity index (χ0n) is 5.42. The second-order valence-electron chi connectivity index (χ2n) is 2.23. The number of hydrogen-bond donors (Lipinski definition) is 2. The Kier molecular flexibility index (Phi) is 2.29. The van der Waals surface area contributed by atoms with Gasteiger partial charge in [-0.1, -0.05) is 11.6 Å². The molecule has 0 amide bonds. The summed E-state index contributed by atoms with van der Waals surface area (Å²) < 4.78 is 0. The van der Waals surface area contributed by atoms with Crippen LogP contribution in [0.2, 0.25) is 0 Å². The van der Waals surface area contributed by atoms with Gasteiger partial charge in [0.25, 0.3) is 0 Å². The van der Waals surface area contributed by atoms with Gasteiger partial charge in [0.1, 0.15) is 11.0 Å². The average Bonchev–Trinajstić information content (AvgIpc) is 1.85. The van der Waals surface area contributed by atoms with Crippen molar-refractivity contribution in [3.63, 3.8) is 0 Å². The minimum Gasteiger partial charge on any atom is -0.396 e. The molecule has 4 heteroatoms. The average molecular weight is 161 g/mol. The fraction of sp³-hybridized carbons (Fsp3) is 0.500. The number of aliphatic hydroxyl groups excluding tert-OH is 1. The molecule has 0 aromatic carbocycles. The Labute approximate surface area is 64.2 Å². The lowest BCUT2D eigenvalue weighted by Crippen LogP contribution is -2.14. The van der Waals surface area contributed by atoms with E-state index in [9.17, 15) is 0 Å². The Morgan fingerprint density at radius 3 is 3.10 bits per heavy atom. The van der Waals surface area contributed by atoms with E-state index in [1.54, 1.807) is 6.08 Å². The number of nitrogens with two attached hydrogens (primary N) is 1. The van der Waals surface area contributed by atoms with E-state index in [4.69, 9.17) is 22.4 Å². The number of aliphatic imine (C=N–C) groups is 1. The fourth-order valence-corrected chi connectivity index (χ4v) is 1.15. The largest absolute Gasteiger partial charge is 0.396 e. The predicted molar refractivity (Wildman–Crippen MR) is 40.8 cm³/mol. The highest BCUT2D eigenvalue weighted by Gasteiger charge is 2.12. The number of hydrogen-bond acceptors (Lipinski definition) is 3. The maximum atomic E-state index is 8.71. The van der Waals surface area contributed by atoms with Gasteiger partial charge in [-0.15, -0.1) is 0 Å². The summed E-state index contributed by atoms with van der Waals surface area (Å²) in [7, 11) is 0. The summed E-state index contributed by atoms with van der Waals surface area (Å²) >= 11 is 5.60. The normalized spacial score (nSPS) is 25.6. The molecule has 1 atom stereocenters. The van der Waals surface area contributed by atoms with Crippen molar-refractivity contribution in [2.24, 2.45) is 16.6 Å². The monoisotopic (exact) mass is 160 g/mol. The van der Waals surface area contributed by atoms with Crippen molar-refractivity contribution < 1.29 is 5.11 Å². The van der Waals surface area contributed by atoms with Gasteiger partial charge in [0, 0.05) is 18.9 Å².